The van der Waals surface area contributed by atoms with Gasteiger partial charge in [0.15, 0.2) is 5.78 Å². The molecule has 2 N–H and O–H groups in total. The van der Waals surface area contributed by atoms with Gasteiger partial charge in [-0.05, 0) is 18.9 Å². The van der Waals surface area contributed by atoms with Crippen LogP contribution in [0.15, 0.2) is 30.1 Å². The van der Waals surface area contributed by atoms with Crippen molar-refractivity contribution >= 4 is 17.4 Å². The SMILES string of the molecule is COc1ccc(N/C=C(\C(=O)O)C(=O)C2CCC2)cn1. The molecule has 2 rings (SSSR count). The maximum Gasteiger partial charge on any atom is 0.340 e. The van der Waals surface area contributed by atoms with Crippen molar-refractivity contribution in [2.75, 3.05) is 12.4 Å². The highest BCUT2D eigenvalue weighted by Gasteiger charge is 2.30. The first-order valence-corrected chi connectivity index (χ1v) is 6.36. The van der Waals surface area contributed by atoms with E-state index in [1.807, 2.05) is 0 Å². The van der Waals surface area contributed by atoms with Crippen LogP contribution in [0, 0.1) is 5.92 Å². The van der Waals surface area contributed by atoms with E-state index >= 15 is 0 Å². The summed E-state index contributed by atoms with van der Waals surface area (Å²) in [6.07, 6.45) is 5.26. The first-order valence-electron chi connectivity index (χ1n) is 6.36. The first-order chi connectivity index (χ1) is 9.61. The predicted molar refractivity (Wildman–Crippen MR) is 72.5 cm³/mol. The number of ether oxygens (including phenoxy) is 1. The molecule has 0 amide bonds. The first kappa shape index (κ1) is 14.0. The Bertz CT molecular complexity index is 533. The van der Waals surface area contributed by atoms with Gasteiger partial charge in [-0.2, -0.15) is 0 Å². The monoisotopic (exact) mass is 276 g/mol. The fourth-order valence-corrected chi connectivity index (χ4v) is 1.87. The highest BCUT2D eigenvalue weighted by molar-refractivity contribution is 6.17. The molecule has 0 spiro atoms. The molecule has 1 aliphatic rings. The summed E-state index contributed by atoms with van der Waals surface area (Å²) in [5.74, 6) is -1.20. The van der Waals surface area contributed by atoms with E-state index in [0.29, 0.717) is 11.6 Å². The molecular weight excluding hydrogens is 260 g/mol. The third kappa shape index (κ3) is 3.14. The minimum Gasteiger partial charge on any atom is -0.481 e. The summed E-state index contributed by atoms with van der Waals surface area (Å²) >= 11 is 0. The van der Waals surface area contributed by atoms with Crippen LogP contribution < -0.4 is 10.1 Å². The molecule has 1 aromatic heterocycles. The molecule has 6 nitrogen and oxygen atoms in total. The molecule has 0 radical (unpaired) electrons. The van der Waals surface area contributed by atoms with Crippen molar-refractivity contribution in [3.63, 3.8) is 0 Å². The van der Waals surface area contributed by atoms with Crippen molar-refractivity contribution < 1.29 is 19.4 Å². The van der Waals surface area contributed by atoms with E-state index in [-0.39, 0.29) is 17.3 Å². The fraction of sp³-hybridized carbons (Fsp3) is 0.357. The quantitative estimate of drug-likeness (QED) is 0.468. The van der Waals surface area contributed by atoms with Crippen LogP contribution in [-0.4, -0.2) is 29.0 Å². The molecule has 0 atom stereocenters. The number of carbonyl (C=O) groups excluding carboxylic acids is 1. The van der Waals surface area contributed by atoms with E-state index in [9.17, 15) is 9.59 Å². The lowest BCUT2D eigenvalue weighted by atomic mass is 9.80. The van der Waals surface area contributed by atoms with Crippen molar-refractivity contribution in [1.82, 2.24) is 4.98 Å². The Hall–Kier alpha value is -2.37. The number of carboxylic acids is 1. The largest absolute Gasteiger partial charge is 0.481 e. The third-order valence-corrected chi connectivity index (χ3v) is 3.30. The van der Waals surface area contributed by atoms with Gasteiger partial charge < -0.3 is 15.2 Å². The lowest BCUT2D eigenvalue weighted by Crippen LogP contribution is -2.27. The maximum absolute atomic E-state index is 12.0. The number of hydrogen-bond acceptors (Lipinski definition) is 5. The number of Topliss-reactive ketones (excluding diaryl/α,β-unsaturated/α-hetero) is 1. The molecule has 1 aromatic rings. The molecule has 6 heteroatoms. The normalized spacial score (nSPS) is 15.3. The molecule has 1 saturated carbocycles. The van der Waals surface area contributed by atoms with Crippen molar-refractivity contribution in [2.24, 2.45) is 5.92 Å². The minimum atomic E-state index is -1.21. The van der Waals surface area contributed by atoms with Crippen LogP contribution in [0.5, 0.6) is 5.88 Å². The number of aromatic nitrogens is 1. The number of anilines is 1. The second kappa shape index (κ2) is 6.18. The number of carboxylic acid groups (broad SMARTS) is 1. The molecule has 0 bridgehead atoms. The van der Waals surface area contributed by atoms with E-state index in [1.165, 1.54) is 19.5 Å². The van der Waals surface area contributed by atoms with Gasteiger partial charge in [-0.1, -0.05) is 6.42 Å². The van der Waals surface area contributed by atoms with Crippen LogP contribution >= 0.6 is 0 Å². The molecular formula is C14H16N2O4. The Kier molecular flexibility index (Phi) is 4.34. The molecule has 20 heavy (non-hydrogen) atoms. The van der Waals surface area contributed by atoms with Crippen LogP contribution in [0.25, 0.3) is 0 Å². The number of nitrogens with zero attached hydrogens (tertiary/aromatic N) is 1. The Morgan fingerprint density at radius 3 is 2.65 bits per heavy atom. The number of aliphatic carboxylic acids is 1. The summed E-state index contributed by atoms with van der Waals surface area (Å²) in [4.78, 5) is 27.1. The average molecular weight is 276 g/mol. The number of pyridine rings is 1. The van der Waals surface area contributed by atoms with E-state index in [0.717, 1.165) is 19.3 Å². The molecule has 1 fully saturated rings. The highest BCUT2D eigenvalue weighted by Crippen LogP contribution is 2.29. The number of carbonyl (C=O) groups is 2. The van der Waals surface area contributed by atoms with Crippen molar-refractivity contribution in [2.45, 2.75) is 19.3 Å². The molecule has 0 unspecified atom stereocenters. The summed E-state index contributed by atoms with van der Waals surface area (Å²) in [7, 11) is 1.51. The van der Waals surface area contributed by atoms with Crippen LogP contribution in [0.2, 0.25) is 0 Å². The van der Waals surface area contributed by atoms with E-state index < -0.39 is 5.97 Å². The third-order valence-electron chi connectivity index (χ3n) is 3.30. The summed E-state index contributed by atoms with van der Waals surface area (Å²) < 4.78 is 4.92. The Morgan fingerprint density at radius 2 is 2.20 bits per heavy atom. The van der Waals surface area contributed by atoms with Crippen LogP contribution in [0.4, 0.5) is 5.69 Å². The summed E-state index contributed by atoms with van der Waals surface area (Å²) in [5.41, 5.74) is 0.372. The average Bonchev–Trinajstić information content (AvgIpc) is 2.37. The van der Waals surface area contributed by atoms with Crippen LogP contribution in [0.1, 0.15) is 19.3 Å². The van der Waals surface area contributed by atoms with Crippen LogP contribution in [0.3, 0.4) is 0 Å². The summed E-state index contributed by atoms with van der Waals surface area (Å²) in [5, 5.41) is 11.9. The number of ketones is 1. The summed E-state index contributed by atoms with van der Waals surface area (Å²) in [6, 6.07) is 3.33. The lowest BCUT2D eigenvalue weighted by Gasteiger charge is -2.23. The number of hydrogen-bond donors (Lipinski definition) is 2. The maximum atomic E-state index is 12.0. The zero-order chi connectivity index (χ0) is 14.5. The number of rotatable bonds is 6. The standard InChI is InChI=1S/C14H16N2O4/c1-20-12-6-5-10(7-16-12)15-8-11(14(18)19)13(17)9-3-2-4-9/h5-9,15H,2-4H2,1H3,(H,18,19)/b11-8-. The van der Waals surface area contributed by atoms with Gasteiger partial charge in [0.05, 0.1) is 19.0 Å². The van der Waals surface area contributed by atoms with Gasteiger partial charge in [0.1, 0.15) is 5.57 Å². The van der Waals surface area contributed by atoms with Gasteiger partial charge in [0.2, 0.25) is 5.88 Å². The smallest absolute Gasteiger partial charge is 0.340 e. The Morgan fingerprint density at radius 1 is 1.45 bits per heavy atom. The fourth-order valence-electron chi connectivity index (χ4n) is 1.87. The second-order valence-electron chi connectivity index (χ2n) is 4.59. The van der Waals surface area contributed by atoms with Gasteiger partial charge in [-0.25, -0.2) is 9.78 Å². The van der Waals surface area contributed by atoms with E-state index in [4.69, 9.17) is 9.84 Å². The number of nitrogens with one attached hydrogen (secondary N) is 1. The zero-order valence-electron chi connectivity index (χ0n) is 11.1. The van der Waals surface area contributed by atoms with Gasteiger partial charge in [0, 0.05) is 18.2 Å². The van der Waals surface area contributed by atoms with Crippen molar-refractivity contribution in [3.8, 4) is 5.88 Å². The Balaban J connectivity index is 2.08. The lowest BCUT2D eigenvalue weighted by molar-refractivity contribution is -0.135. The predicted octanol–water partition coefficient (Wildman–Crippen LogP) is 1.84. The molecule has 0 aromatic carbocycles. The van der Waals surface area contributed by atoms with Gasteiger partial charge >= 0.3 is 5.97 Å². The molecule has 1 aliphatic carbocycles. The zero-order valence-corrected chi connectivity index (χ0v) is 11.1. The van der Waals surface area contributed by atoms with Gasteiger partial charge in [-0.15, -0.1) is 0 Å². The number of methoxy groups -OCH3 is 1. The topological polar surface area (TPSA) is 88.5 Å². The molecule has 0 saturated heterocycles. The van der Waals surface area contributed by atoms with Crippen molar-refractivity contribution in [1.29, 1.82) is 0 Å². The minimum absolute atomic E-state index is 0.145. The van der Waals surface area contributed by atoms with E-state index in [2.05, 4.69) is 10.3 Å². The molecule has 106 valence electrons. The molecule has 1 heterocycles. The van der Waals surface area contributed by atoms with Crippen molar-refractivity contribution in [3.05, 3.63) is 30.1 Å². The second-order valence-corrected chi connectivity index (χ2v) is 4.59. The highest BCUT2D eigenvalue weighted by atomic mass is 16.5. The van der Waals surface area contributed by atoms with Gasteiger partial charge in [-0.3, -0.25) is 4.79 Å². The van der Waals surface area contributed by atoms with Crippen LogP contribution in [-0.2, 0) is 9.59 Å². The molecule has 0 aliphatic heterocycles. The summed E-state index contributed by atoms with van der Waals surface area (Å²) in [6.45, 7) is 0. The van der Waals surface area contributed by atoms with Gasteiger partial charge in [0.25, 0.3) is 0 Å². The Labute approximate surface area is 116 Å². The van der Waals surface area contributed by atoms with E-state index in [1.54, 1.807) is 12.1 Å².